The monoisotopic (exact) mass is 253 g/mol. The first-order valence-electron chi connectivity index (χ1n) is 5.35. The van der Waals surface area contributed by atoms with Crippen molar-refractivity contribution in [1.29, 1.82) is 0 Å². The molecule has 0 radical (unpaired) electrons. The summed E-state index contributed by atoms with van der Waals surface area (Å²) in [5.41, 5.74) is 6.26. The average Bonchev–Trinajstić information content (AvgIpc) is 2.27. The average molecular weight is 253 g/mol. The first-order chi connectivity index (χ1) is 8.50. The van der Waals surface area contributed by atoms with Gasteiger partial charge in [0.2, 0.25) is 5.91 Å². The van der Waals surface area contributed by atoms with Crippen molar-refractivity contribution in [3.05, 3.63) is 33.9 Å². The number of carbonyl (C=O) groups excluding carboxylic acids is 1. The SMILES string of the molecule is Cc1ccc([N+](=O)[O-])c(NCCOCC(N)=O)c1. The molecule has 0 aliphatic carbocycles. The Morgan fingerprint density at radius 1 is 1.56 bits per heavy atom. The molecule has 1 rings (SSSR count). The Hall–Kier alpha value is -2.15. The van der Waals surface area contributed by atoms with Crippen LogP contribution in [0.25, 0.3) is 0 Å². The zero-order chi connectivity index (χ0) is 13.5. The number of ether oxygens (including phenoxy) is 1. The highest BCUT2D eigenvalue weighted by molar-refractivity contribution is 5.75. The number of nitrogens with zero attached hydrogens (tertiary/aromatic N) is 1. The number of rotatable bonds is 7. The predicted octanol–water partition coefficient (Wildman–Crippen LogP) is 0.817. The maximum atomic E-state index is 10.8. The minimum Gasteiger partial charge on any atom is -0.377 e. The summed E-state index contributed by atoms with van der Waals surface area (Å²) < 4.78 is 4.94. The molecule has 7 nitrogen and oxygen atoms in total. The summed E-state index contributed by atoms with van der Waals surface area (Å²) in [6, 6.07) is 4.81. The number of anilines is 1. The van der Waals surface area contributed by atoms with Crippen LogP contribution in [0.15, 0.2) is 18.2 Å². The zero-order valence-corrected chi connectivity index (χ0v) is 10.0. The summed E-state index contributed by atoms with van der Waals surface area (Å²) in [6.45, 7) is 2.29. The second-order valence-electron chi connectivity index (χ2n) is 3.72. The summed E-state index contributed by atoms with van der Waals surface area (Å²) in [5.74, 6) is -0.545. The fourth-order valence-electron chi connectivity index (χ4n) is 1.38. The van der Waals surface area contributed by atoms with Gasteiger partial charge in [-0.1, -0.05) is 6.07 Å². The van der Waals surface area contributed by atoms with Crippen molar-refractivity contribution in [3.63, 3.8) is 0 Å². The van der Waals surface area contributed by atoms with Crippen LogP contribution in [0.1, 0.15) is 5.56 Å². The summed E-state index contributed by atoms with van der Waals surface area (Å²) in [4.78, 5) is 20.7. The van der Waals surface area contributed by atoms with Crippen molar-refractivity contribution in [2.75, 3.05) is 25.1 Å². The first-order valence-corrected chi connectivity index (χ1v) is 5.35. The number of amides is 1. The largest absolute Gasteiger partial charge is 0.377 e. The zero-order valence-electron chi connectivity index (χ0n) is 10.0. The molecule has 0 unspecified atom stereocenters. The molecular weight excluding hydrogens is 238 g/mol. The second-order valence-corrected chi connectivity index (χ2v) is 3.72. The lowest BCUT2D eigenvalue weighted by Gasteiger charge is -2.08. The van der Waals surface area contributed by atoms with Crippen molar-refractivity contribution in [1.82, 2.24) is 0 Å². The minimum absolute atomic E-state index is 0.00972. The maximum absolute atomic E-state index is 10.8. The van der Waals surface area contributed by atoms with Crippen LogP contribution in [0.3, 0.4) is 0 Å². The molecule has 3 N–H and O–H groups in total. The molecule has 0 aromatic heterocycles. The number of nitrogens with two attached hydrogens (primary N) is 1. The van der Waals surface area contributed by atoms with Gasteiger partial charge in [-0.25, -0.2) is 0 Å². The van der Waals surface area contributed by atoms with Gasteiger partial charge < -0.3 is 15.8 Å². The second kappa shape index (κ2) is 6.55. The molecule has 0 saturated heterocycles. The summed E-state index contributed by atoms with van der Waals surface area (Å²) in [6.07, 6.45) is 0. The molecule has 0 heterocycles. The van der Waals surface area contributed by atoms with Crippen LogP contribution in [-0.4, -0.2) is 30.6 Å². The molecule has 98 valence electrons. The molecule has 0 aliphatic rings. The van der Waals surface area contributed by atoms with E-state index in [0.717, 1.165) is 5.56 Å². The van der Waals surface area contributed by atoms with Gasteiger partial charge in [0.15, 0.2) is 0 Å². The van der Waals surface area contributed by atoms with Crippen molar-refractivity contribution in [2.45, 2.75) is 6.92 Å². The van der Waals surface area contributed by atoms with E-state index in [1.807, 2.05) is 6.92 Å². The molecule has 1 aromatic rings. The van der Waals surface area contributed by atoms with Crippen LogP contribution in [-0.2, 0) is 9.53 Å². The molecule has 7 heteroatoms. The Labute approximate surface area is 104 Å². The number of carbonyl (C=O) groups is 1. The molecule has 1 aromatic carbocycles. The molecule has 0 aliphatic heterocycles. The van der Waals surface area contributed by atoms with E-state index in [1.165, 1.54) is 6.07 Å². The highest BCUT2D eigenvalue weighted by Gasteiger charge is 2.12. The normalized spacial score (nSPS) is 10.1. The third-order valence-electron chi connectivity index (χ3n) is 2.15. The van der Waals surface area contributed by atoms with Gasteiger partial charge in [0, 0.05) is 12.6 Å². The fourth-order valence-corrected chi connectivity index (χ4v) is 1.38. The van der Waals surface area contributed by atoms with Gasteiger partial charge in [0.25, 0.3) is 5.69 Å². The van der Waals surface area contributed by atoms with Crippen LogP contribution in [0.4, 0.5) is 11.4 Å². The Bertz CT molecular complexity index is 448. The van der Waals surface area contributed by atoms with Crippen molar-refractivity contribution >= 4 is 17.3 Å². The van der Waals surface area contributed by atoms with Gasteiger partial charge >= 0.3 is 0 Å². The number of nitro groups is 1. The third kappa shape index (κ3) is 4.38. The third-order valence-corrected chi connectivity index (χ3v) is 2.15. The number of hydrogen-bond donors (Lipinski definition) is 2. The van der Waals surface area contributed by atoms with Gasteiger partial charge in [0.1, 0.15) is 12.3 Å². The number of benzene rings is 1. The van der Waals surface area contributed by atoms with E-state index >= 15 is 0 Å². The molecular formula is C11H15N3O4. The summed E-state index contributed by atoms with van der Waals surface area (Å²) >= 11 is 0. The number of nitrogens with one attached hydrogen (secondary N) is 1. The number of nitro benzene ring substituents is 1. The minimum atomic E-state index is -0.545. The standard InChI is InChI=1S/C11H15N3O4/c1-8-2-3-10(14(16)17)9(6-8)13-4-5-18-7-11(12)15/h2-3,6,13H,4-5,7H2,1H3,(H2,12,15). The predicted molar refractivity (Wildman–Crippen MR) is 66.3 cm³/mol. The van der Waals surface area contributed by atoms with Crippen molar-refractivity contribution in [2.24, 2.45) is 5.73 Å². The van der Waals surface area contributed by atoms with Gasteiger partial charge in [0.05, 0.1) is 11.5 Å². The molecule has 0 spiro atoms. The van der Waals surface area contributed by atoms with Crippen LogP contribution < -0.4 is 11.1 Å². The van der Waals surface area contributed by atoms with Crippen LogP contribution in [0.2, 0.25) is 0 Å². The van der Waals surface area contributed by atoms with E-state index in [-0.39, 0.29) is 18.9 Å². The molecule has 0 saturated carbocycles. The molecule has 0 fully saturated rings. The summed E-state index contributed by atoms with van der Waals surface area (Å²) in [5, 5.41) is 13.7. The highest BCUT2D eigenvalue weighted by Crippen LogP contribution is 2.24. The van der Waals surface area contributed by atoms with E-state index in [4.69, 9.17) is 10.5 Å². The molecule has 18 heavy (non-hydrogen) atoms. The Morgan fingerprint density at radius 2 is 2.28 bits per heavy atom. The topological polar surface area (TPSA) is 107 Å². The fraction of sp³-hybridized carbons (Fsp3) is 0.364. The van der Waals surface area contributed by atoms with E-state index in [0.29, 0.717) is 12.2 Å². The summed E-state index contributed by atoms with van der Waals surface area (Å²) in [7, 11) is 0. The Kier molecular flexibility index (Phi) is 5.06. The first kappa shape index (κ1) is 13.9. The van der Waals surface area contributed by atoms with Crippen LogP contribution >= 0.6 is 0 Å². The van der Waals surface area contributed by atoms with Crippen molar-refractivity contribution < 1.29 is 14.5 Å². The Morgan fingerprint density at radius 3 is 2.89 bits per heavy atom. The van der Waals surface area contributed by atoms with Gasteiger partial charge in [-0.05, 0) is 18.6 Å². The maximum Gasteiger partial charge on any atom is 0.292 e. The smallest absolute Gasteiger partial charge is 0.292 e. The Balaban J connectivity index is 2.53. The number of hydrogen-bond acceptors (Lipinski definition) is 5. The van der Waals surface area contributed by atoms with E-state index in [9.17, 15) is 14.9 Å². The molecule has 0 atom stereocenters. The number of aryl methyl sites for hydroxylation is 1. The van der Waals surface area contributed by atoms with E-state index in [1.54, 1.807) is 12.1 Å². The lowest BCUT2D eigenvalue weighted by Crippen LogP contribution is -2.20. The number of primary amides is 1. The van der Waals surface area contributed by atoms with Crippen LogP contribution in [0, 0.1) is 17.0 Å². The van der Waals surface area contributed by atoms with E-state index in [2.05, 4.69) is 5.32 Å². The van der Waals surface area contributed by atoms with Crippen molar-refractivity contribution in [3.8, 4) is 0 Å². The highest BCUT2D eigenvalue weighted by atomic mass is 16.6. The molecule has 1 amide bonds. The van der Waals surface area contributed by atoms with Gasteiger partial charge in [-0.15, -0.1) is 0 Å². The van der Waals surface area contributed by atoms with Gasteiger partial charge in [-0.2, -0.15) is 0 Å². The van der Waals surface area contributed by atoms with Crippen LogP contribution in [0.5, 0.6) is 0 Å². The lowest BCUT2D eigenvalue weighted by atomic mass is 10.2. The lowest BCUT2D eigenvalue weighted by molar-refractivity contribution is -0.384. The van der Waals surface area contributed by atoms with E-state index < -0.39 is 10.8 Å². The molecule has 0 bridgehead atoms. The quantitative estimate of drug-likeness (QED) is 0.425. The van der Waals surface area contributed by atoms with Gasteiger partial charge in [-0.3, -0.25) is 14.9 Å².